The van der Waals surface area contributed by atoms with Crippen molar-refractivity contribution in [3.8, 4) is 6.07 Å². The molecule has 6 heteroatoms. The fourth-order valence-electron chi connectivity index (χ4n) is 1.72. The molecule has 0 saturated heterocycles. The van der Waals surface area contributed by atoms with Gasteiger partial charge in [-0.1, -0.05) is 0 Å². The Hall–Kier alpha value is -2.68. The number of nitriles is 1. The lowest BCUT2D eigenvalue weighted by Gasteiger charge is -2.10. The molecule has 0 atom stereocenters. The molecule has 0 saturated carbocycles. The summed E-state index contributed by atoms with van der Waals surface area (Å²) in [6.45, 7) is 0. The summed E-state index contributed by atoms with van der Waals surface area (Å²) in [6.07, 6.45) is 0.119. The number of hydrogen-bond acceptors (Lipinski definition) is 3. The van der Waals surface area contributed by atoms with E-state index in [1.165, 1.54) is 0 Å². The molecule has 2 aromatic carbocycles. The number of nitrogens with zero attached hydrogens (tertiary/aromatic N) is 1. The standard InChI is InChI=1S/C14H10F3N3/c15-11-6-10(7-12(16)14(11)17)20-9-1-2-13(19)8(5-9)3-4-18/h1-2,5-7,20H,3,19H2. The number of nitrogens with two attached hydrogens (primary N) is 1. The highest BCUT2D eigenvalue weighted by Crippen LogP contribution is 2.24. The van der Waals surface area contributed by atoms with Crippen LogP contribution in [0.5, 0.6) is 0 Å². The van der Waals surface area contributed by atoms with Gasteiger partial charge in [0, 0.05) is 29.2 Å². The van der Waals surface area contributed by atoms with E-state index in [0.717, 1.165) is 12.1 Å². The fourth-order valence-corrected chi connectivity index (χ4v) is 1.72. The first-order valence-electron chi connectivity index (χ1n) is 5.68. The Balaban J connectivity index is 2.31. The van der Waals surface area contributed by atoms with E-state index in [0.29, 0.717) is 16.9 Å². The maximum Gasteiger partial charge on any atom is 0.194 e. The summed E-state index contributed by atoms with van der Waals surface area (Å²) in [7, 11) is 0. The van der Waals surface area contributed by atoms with Gasteiger partial charge in [-0.2, -0.15) is 5.26 Å². The Morgan fingerprint density at radius 3 is 2.30 bits per heavy atom. The van der Waals surface area contributed by atoms with E-state index in [1.807, 2.05) is 6.07 Å². The summed E-state index contributed by atoms with van der Waals surface area (Å²) in [5, 5.41) is 11.4. The van der Waals surface area contributed by atoms with Crippen LogP contribution in [-0.4, -0.2) is 0 Å². The molecule has 0 fully saturated rings. The molecule has 0 aromatic heterocycles. The van der Waals surface area contributed by atoms with Gasteiger partial charge in [0.05, 0.1) is 12.5 Å². The molecule has 0 heterocycles. The molecule has 102 valence electrons. The zero-order chi connectivity index (χ0) is 14.7. The van der Waals surface area contributed by atoms with Crippen LogP contribution in [0.15, 0.2) is 30.3 Å². The maximum absolute atomic E-state index is 13.1. The van der Waals surface area contributed by atoms with Gasteiger partial charge in [-0.3, -0.25) is 0 Å². The van der Waals surface area contributed by atoms with Crippen molar-refractivity contribution in [3.63, 3.8) is 0 Å². The van der Waals surface area contributed by atoms with Crippen molar-refractivity contribution in [2.24, 2.45) is 0 Å². The molecular weight excluding hydrogens is 267 g/mol. The minimum atomic E-state index is -1.52. The second-order valence-electron chi connectivity index (χ2n) is 4.13. The monoisotopic (exact) mass is 277 g/mol. The van der Waals surface area contributed by atoms with Crippen molar-refractivity contribution in [1.29, 1.82) is 5.26 Å². The summed E-state index contributed by atoms with van der Waals surface area (Å²) in [4.78, 5) is 0. The summed E-state index contributed by atoms with van der Waals surface area (Å²) in [5.74, 6) is -4.07. The van der Waals surface area contributed by atoms with Crippen LogP contribution in [0.3, 0.4) is 0 Å². The Bertz CT molecular complexity index is 670. The second-order valence-corrected chi connectivity index (χ2v) is 4.13. The van der Waals surface area contributed by atoms with Crippen molar-refractivity contribution >= 4 is 17.1 Å². The SMILES string of the molecule is N#CCc1cc(Nc2cc(F)c(F)c(F)c2)ccc1N. The highest BCUT2D eigenvalue weighted by atomic mass is 19.2. The normalized spacial score (nSPS) is 10.1. The average Bonchev–Trinajstić information content (AvgIpc) is 2.40. The predicted octanol–water partition coefficient (Wildman–Crippen LogP) is 3.50. The third kappa shape index (κ3) is 2.83. The molecule has 0 unspecified atom stereocenters. The van der Waals surface area contributed by atoms with Gasteiger partial charge in [0.25, 0.3) is 0 Å². The zero-order valence-electron chi connectivity index (χ0n) is 10.3. The van der Waals surface area contributed by atoms with Crippen LogP contribution < -0.4 is 11.1 Å². The molecule has 20 heavy (non-hydrogen) atoms. The zero-order valence-corrected chi connectivity index (χ0v) is 10.3. The van der Waals surface area contributed by atoms with E-state index in [-0.39, 0.29) is 12.1 Å². The maximum atomic E-state index is 13.1. The van der Waals surface area contributed by atoms with Crippen LogP contribution in [0.25, 0.3) is 0 Å². The van der Waals surface area contributed by atoms with E-state index in [2.05, 4.69) is 5.32 Å². The van der Waals surface area contributed by atoms with Crippen molar-refractivity contribution in [3.05, 3.63) is 53.3 Å². The second kappa shape index (κ2) is 5.53. The minimum absolute atomic E-state index is 0.0640. The molecule has 0 amide bonds. The van der Waals surface area contributed by atoms with Gasteiger partial charge in [-0.05, 0) is 23.8 Å². The summed E-state index contributed by atoms with van der Waals surface area (Å²) in [5.41, 5.74) is 7.30. The third-order valence-electron chi connectivity index (χ3n) is 2.68. The molecule has 2 rings (SSSR count). The van der Waals surface area contributed by atoms with Crippen LogP contribution in [0.1, 0.15) is 5.56 Å². The molecule has 0 bridgehead atoms. The summed E-state index contributed by atoms with van der Waals surface area (Å²) >= 11 is 0. The van der Waals surface area contributed by atoms with E-state index >= 15 is 0 Å². The van der Waals surface area contributed by atoms with E-state index in [9.17, 15) is 13.2 Å². The Morgan fingerprint density at radius 1 is 1.05 bits per heavy atom. The Morgan fingerprint density at radius 2 is 1.70 bits per heavy atom. The lowest BCUT2D eigenvalue weighted by molar-refractivity contribution is 0.448. The van der Waals surface area contributed by atoms with Gasteiger partial charge < -0.3 is 11.1 Å². The highest BCUT2D eigenvalue weighted by Gasteiger charge is 2.11. The fraction of sp³-hybridized carbons (Fsp3) is 0.0714. The van der Waals surface area contributed by atoms with Crippen LogP contribution in [0.2, 0.25) is 0 Å². The van der Waals surface area contributed by atoms with Crippen LogP contribution in [-0.2, 0) is 6.42 Å². The van der Waals surface area contributed by atoms with Crippen LogP contribution in [0, 0.1) is 28.8 Å². The van der Waals surface area contributed by atoms with Gasteiger partial charge in [0.15, 0.2) is 17.5 Å². The first-order chi connectivity index (χ1) is 9.51. The molecule has 3 N–H and O–H groups in total. The van der Waals surface area contributed by atoms with Gasteiger partial charge in [-0.25, -0.2) is 13.2 Å². The summed E-state index contributed by atoms with van der Waals surface area (Å²) < 4.78 is 39.0. The topological polar surface area (TPSA) is 61.8 Å². The first-order valence-corrected chi connectivity index (χ1v) is 5.68. The molecule has 0 spiro atoms. The predicted molar refractivity (Wildman–Crippen MR) is 69.8 cm³/mol. The van der Waals surface area contributed by atoms with Crippen molar-refractivity contribution in [2.75, 3.05) is 11.1 Å². The third-order valence-corrected chi connectivity index (χ3v) is 2.68. The van der Waals surface area contributed by atoms with E-state index in [4.69, 9.17) is 11.0 Å². The number of rotatable bonds is 3. The van der Waals surface area contributed by atoms with Crippen LogP contribution >= 0.6 is 0 Å². The molecule has 2 aromatic rings. The van der Waals surface area contributed by atoms with Gasteiger partial charge in [-0.15, -0.1) is 0 Å². The van der Waals surface area contributed by atoms with Gasteiger partial charge in [0.1, 0.15) is 0 Å². The van der Waals surface area contributed by atoms with Crippen molar-refractivity contribution < 1.29 is 13.2 Å². The number of anilines is 3. The smallest absolute Gasteiger partial charge is 0.194 e. The number of benzene rings is 2. The molecular formula is C14H10F3N3. The van der Waals surface area contributed by atoms with Gasteiger partial charge >= 0.3 is 0 Å². The number of hydrogen-bond donors (Lipinski definition) is 2. The molecule has 0 aliphatic heterocycles. The Labute approximate surface area is 113 Å². The van der Waals surface area contributed by atoms with E-state index < -0.39 is 17.5 Å². The van der Waals surface area contributed by atoms with Gasteiger partial charge in [0.2, 0.25) is 0 Å². The minimum Gasteiger partial charge on any atom is -0.398 e. The largest absolute Gasteiger partial charge is 0.398 e. The van der Waals surface area contributed by atoms with Crippen LogP contribution in [0.4, 0.5) is 30.2 Å². The Kier molecular flexibility index (Phi) is 3.80. The average molecular weight is 277 g/mol. The molecule has 0 aliphatic carbocycles. The first kappa shape index (κ1) is 13.7. The highest BCUT2D eigenvalue weighted by molar-refractivity contribution is 5.64. The molecule has 0 radical (unpaired) electrons. The lowest BCUT2D eigenvalue weighted by Crippen LogP contribution is -1.99. The van der Waals surface area contributed by atoms with Crippen molar-refractivity contribution in [2.45, 2.75) is 6.42 Å². The molecule has 0 aliphatic rings. The van der Waals surface area contributed by atoms with E-state index in [1.54, 1.807) is 18.2 Å². The number of nitrogen functional groups attached to an aromatic ring is 1. The molecule has 3 nitrogen and oxygen atoms in total. The number of nitrogens with one attached hydrogen (secondary N) is 1. The summed E-state index contributed by atoms with van der Waals surface area (Å²) in [6, 6.07) is 8.42. The quantitative estimate of drug-likeness (QED) is 0.666. The number of halogens is 3. The van der Waals surface area contributed by atoms with Crippen molar-refractivity contribution in [1.82, 2.24) is 0 Å². The lowest BCUT2D eigenvalue weighted by atomic mass is 10.1.